The zero-order chi connectivity index (χ0) is 18.1. The van der Waals surface area contributed by atoms with Gasteiger partial charge in [0.05, 0.1) is 29.6 Å². The van der Waals surface area contributed by atoms with Crippen LogP contribution in [0.1, 0.15) is 40.4 Å². The fourth-order valence-electron chi connectivity index (χ4n) is 4.05. The third-order valence-corrected chi connectivity index (χ3v) is 5.28. The van der Waals surface area contributed by atoms with Crippen molar-refractivity contribution < 1.29 is 14.7 Å². The topological polar surface area (TPSA) is 111 Å². The van der Waals surface area contributed by atoms with Gasteiger partial charge in [0.2, 0.25) is 0 Å². The molecule has 3 heterocycles. The summed E-state index contributed by atoms with van der Waals surface area (Å²) in [6.45, 7) is 1.72. The zero-order valence-corrected chi connectivity index (χ0v) is 14.3. The Morgan fingerprint density at radius 3 is 2.96 bits per heavy atom. The van der Waals surface area contributed by atoms with E-state index in [1.165, 1.54) is 0 Å². The second kappa shape index (κ2) is 6.78. The Hall–Kier alpha value is -2.90. The molecule has 0 aliphatic carbocycles. The maximum atomic E-state index is 13.2. The quantitative estimate of drug-likeness (QED) is 0.766. The van der Waals surface area contributed by atoms with Gasteiger partial charge in [0.15, 0.2) is 0 Å². The van der Waals surface area contributed by atoms with Crippen LogP contribution in [0.5, 0.6) is 0 Å². The summed E-state index contributed by atoms with van der Waals surface area (Å²) in [4.78, 5) is 26.2. The number of nitrogens with zero attached hydrogens (tertiary/aromatic N) is 3. The number of hydrogen-bond acceptors (Lipinski definition) is 5. The standard InChI is InChI=1S/C18H21N5O3/c24-16(25)7-12-9-23(10-14(12)15-8-20-22-21-15)18(26)13-5-1-3-11-4-2-6-19-17(11)13/h1,3,5,8,12,14,19H,2,4,6-7,9-10H2,(H,24,25)(H,20,21,22)/t12-,14+/m0/s1. The number of likely N-dealkylation sites (tertiary alicyclic amines) is 1. The SMILES string of the molecule is O=C(O)C[C@H]1CN(C(=O)c2cccc3c2NCCC3)C[C@H]1c1cn[nH]n1. The Kier molecular flexibility index (Phi) is 4.32. The Balaban J connectivity index is 1.60. The predicted molar refractivity (Wildman–Crippen MR) is 94.0 cm³/mol. The van der Waals surface area contributed by atoms with E-state index in [2.05, 4.69) is 20.7 Å². The summed E-state index contributed by atoms with van der Waals surface area (Å²) in [5, 5.41) is 23.1. The van der Waals surface area contributed by atoms with E-state index >= 15 is 0 Å². The van der Waals surface area contributed by atoms with Gasteiger partial charge in [-0.2, -0.15) is 15.4 Å². The number of aryl methyl sites for hydroxylation is 1. The fraction of sp³-hybridized carbons (Fsp3) is 0.444. The first-order valence-corrected chi connectivity index (χ1v) is 8.86. The van der Waals surface area contributed by atoms with Crippen molar-refractivity contribution in [2.75, 3.05) is 25.0 Å². The van der Waals surface area contributed by atoms with E-state index in [0.717, 1.165) is 30.6 Å². The van der Waals surface area contributed by atoms with Gasteiger partial charge in [-0.3, -0.25) is 9.59 Å². The number of benzene rings is 1. The summed E-state index contributed by atoms with van der Waals surface area (Å²) < 4.78 is 0. The first kappa shape index (κ1) is 16.6. The molecule has 1 saturated heterocycles. The highest BCUT2D eigenvalue weighted by atomic mass is 16.4. The van der Waals surface area contributed by atoms with E-state index in [9.17, 15) is 14.7 Å². The first-order valence-electron chi connectivity index (χ1n) is 8.86. The number of H-pyrrole nitrogens is 1. The number of hydrogen-bond donors (Lipinski definition) is 3. The lowest BCUT2D eigenvalue weighted by atomic mass is 9.91. The van der Waals surface area contributed by atoms with Gasteiger partial charge in [-0.1, -0.05) is 12.1 Å². The maximum Gasteiger partial charge on any atom is 0.303 e. The molecule has 1 fully saturated rings. The molecule has 4 rings (SSSR count). The smallest absolute Gasteiger partial charge is 0.303 e. The molecular formula is C18H21N5O3. The number of aromatic nitrogens is 3. The highest BCUT2D eigenvalue weighted by Crippen LogP contribution is 2.35. The van der Waals surface area contributed by atoms with Crippen molar-refractivity contribution >= 4 is 17.6 Å². The van der Waals surface area contributed by atoms with Crippen molar-refractivity contribution in [1.29, 1.82) is 0 Å². The van der Waals surface area contributed by atoms with E-state index in [1.807, 2.05) is 18.2 Å². The van der Waals surface area contributed by atoms with Crippen LogP contribution in [0.3, 0.4) is 0 Å². The van der Waals surface area contributed by atoms with Crippen molar-refractivity contribution in [3.8, 4) is 0 Å². The molecule has 2 atom stereocenters. The summed E-state index contributed by atoms with van der Waals surface area (Å²) in [7, 11) is 0. The second-order valence-corrected chi connectivity index (χ2v) is 6.94. The van der Waals surface area contributed by atoms with E-state index in [1.54, 1.807) is 11.1 Å². The molecule has 1 aromatic carbocycles. The van der Waals surface area contributed by atoms with Crippen molar-refractivity contribution in [2.45, 2.75) is 25.2 Å². The predicted octanol–water partition coefficient (Wildman–Crippen LogP) is 1.49. The number of rotatable bonds is 4. The van der Waals surface area contributed by atoms with E-state index in [4.69, 9.17) is 0 Å². The van der Waals surface area contributed by atoms with Crippen LogP contribution in [0.15, 0.2) is 24.4 Å². The van der Waals surface area contributed by atoms with Crippen LogP contribution in [-0.2, 0) is 11.2 Å². The van der Waals surface area contributed by atoms with Crippen molar-refractivity contribution in [2.24, 2.45) is 5.92 Å². The monoisotopic (exact) mass is 355 g/mol. The molecule has 2 aliphatic rings. The number of carboxylic acid groups (broad SMARTS) is 1. The number of carboxylic acids is 1. The fourth-order valence-corrected chi connectivity index (χ4v) is 4.05. The number of carbonyl (C=O) groups is 2. The molecule has 0 saturated carbocycles. The largest absolute Gasteiger partial charge is 0.481 e. The van der Waals surface area contributed by atoms with Crippen LogP contribution in [0.2, 0.25) is 0 Å². The lowest BCUT2D eigenvalue weighted by Crippen LogP contribution is -2.30. The van der Waals surface area contributed by atoms with Gasteiger partial charge in [0, 0.05) is 25.6 Å². The minimum Gasteiger partial charge on any atom is -0.481 e. The number of anilines is 1. The lowest BCUT2D eigenvalue weighted by molar-refractivity contribution is -0.138. The molecule has 8 heteroatoms. The zero-order valence-electron chi connectivity index (χ0n) is 14.3. The summed E-state index contributed by atoms with van der Waals surface area (Å²) >= 11 is 0. The first-order chi connectivity index (χ1) is 12.6. The Morgan fingerprint density at radius 2 is 2.19 bits per heavy atom. The number of aliphatic carboxylic acids is 1. The molecule has 2 aliphatic heterocycles. The Bertz CT molecular complexity index is 820. The summed E-state index contributed by atoms with van der Waals surface area (Å²) in [6, 6.07) is 5.81. The van der Waals surface area contributed by atoms with E-state index < -0.39 is 5.97 Å². The number of fused-ring (bicyclic) bond motifs is 1. The molecular weight excluding hydrogens is 334 g/mol. The van der Waals surface area contributed by atoms with Crippen LogP contribution in [0, 0.1) is 5.92 Å². The van der Waals surface area contributed by atoms with Gasteiger partial charge in [0.25, 0.3) is 5.91 Å². The third kappa shape index (κ3) is 3.02. The van der Waals surface area contributed by atoms with Gasteiger partial charge in [-0.25, -0.2) is 0 Å². The molecule has 2 aromatic rings. The minimum atomic E-state index is -0.864. The molecule has 1 amide bonds. The molecule has 1 aromatic heterocycles. The number of para-hydroxylation sites is 1. The molecule has 8 nitrogen and oxygen atoms in total. The molecule has 0 radical (unpaired) electrons. The number of carbonyl (C=O) groups excluding carboxylic acids is 1. The second-order valence-electron chi connectivity index (χ2n) is 6.94. The van der Waals surface area contributed by atoms with Crippen molar-refractivity contribution in [3.63, 3.8) is 0 Å². The van der Waals surface area contributed by atoms with E-state index in [-0.39, 0.29) is 24.2 Å². The van der Waals surface area contributed by atoms with E-state index in [0.29, 0.717) is 24.3 Å². The lowest BCUT2D eigenvalue weighted by Gasteiger charge is -2.23. The van der Waals surface area contributed by atoms with Gasteiger partial charge in [0.1, 0.15) is 0 Å². The Morgan fingerprint density at radius 1 is 1.31 bits per heavy atom. The summed E-state index contributed by atoms with van der Waals surface area (Å²) in [6.07, 6.45) is 3.64. The van der Waals surface area contributed by atoms with Gasteiger partial charge >= 0.3 is 5.97 Å². The average Bonchev–Trinajstić information content (AvgIpc) is 3.30. The van der Waals surface area contributed by atoms with Crippen molar-refractivity contribution in [3.05, 3.63) is 41.2 Å². The molecule has 26 heavy (non-hydrogen) atoms. The third-order valence-electron chi connectivity index (χ3n) is 5.28. The minimum absolute atomic E-state index is 0.00640. The van der Waals surface area contributed by atoms with Crippen LogP contribution in [0.4, 0.5) is 5.69 Å². The molecule has 136 valence electrons. The highest BCUT2D eigenvalue weighted by Gasteiger charge is 2.39. The van der Waals surface area contributed by atoms with Crippen LogP contribution in [0.25, 0.3) is 0 Å². The molecule has 3 N–H and O–H groups in total. The maximum absolute atomic E-state index is 13.2. The van der Waals surface area contributed by atoms with Crippen LogP contribution in [-0.4, -0.2) is 56.9 Å². The number of nitrogens with one attached hydrogen (secondary N) is 2. The van der Waals surface area contributed by atoms with Crippen LogP contribution < -0.4 is 5.32 Å². The molecule has 0 unspecified atom stereocenters. The van der Waals surface area contributed by atoms with Gasteiger partial charge in [-0.05, 0) is 30.4 Å². The summed E-state index contributed by atoms with van der Waals surface area (Å²) in [5.41, 5.74) is 3.46. The van der Waals surface area contributed by atoms with Gasteiger partial charge in [-0.15, -0.1) is 0 Å². The molecule has 0 spiro atoms. The number of amides is 1. The van der Waals surface area contributed by atoms with Crippen molar-refractivity contribution in [1.82, 2.24) is 20.3 Å². The number of aromatic amines is 1. The Labute approximate surface area is 150 Å². The average molecular weight is 355 g/mol. The van der Waals surface area contributed by atoms with Crippen LogP contribution >= 0.6 is 0 Å². The normalized spacial score (nSPS) is 21.9. The van der Waals surface area contributed by atoms with Gasteiger partial charge < -0.3 is 15.3 Å². The summed E-state index contributed by atoms with van der Waals surface area (Å²) in [5.74, 6) is -1.22. The molecule has 0 bridgehead atoms. The highest BCUT2D eigenvalue weighted by molar-refractivity contribution is 6.00.